The number of hydrogen-bond donors (Lipinski definition) is 0. The fourth-order valence-corrected chi connectivity index (χ4v) is 7.31. The fourth-order valence-electron chi connectivity index (χ4n) is 5.30. The molecule has 2 aromatic heterocycles. The summed E-state index contributed by atoms with van der Waals surface area (Å²) in [5.74, 6) is 1.52. The molecule has 6 heteroatoms. The topological polar surface area (TPSA) is 46.1 Å². The van der Waals surface area contributed by atoms with Crippen LogP contribution in [0.1, 0.15) is 57.7 Å². The first kappa shape index (κ1) is 19.2. The van der Waals surface area contributed by atoms with E-state index in [4.69, 9.17) is 0 Å². The van der Waals surface area contributed by atoms with Gasteiger partial charge in [0.1, 0.15) is 15.7 Å². The van der Waals surface area contributed by atoms with Crippen molar-refractivity contribution in [2.45, 2.75) is 71.4 Å². The van der Waals surface area contributed by atoms with E-state index in [2.05, 4.69) is 48.6 Å². The number of nitrogens with zero attached hydrogens (tertiary/aromatic N) is 3. The number of aryl methyl sites for hydroxylation is 2. The summed E-state index contributed by atoms with van der Waals surface area (Å²) in [5, 5.41) is 2.06. The van der Waals surface area contributed by atoms with Crippen molar-refractivity contribution in [3.05, 3.63) is 16.8 Å². The van der Waals surface area contributed by atoms with Gasteiger partial charge in [-0.2, -0.15) is 0 Å². The Bertz CT molecular complexity index is 891. The maximum Gasteiger partial charge on any atom is 0.233 e. The Balaban J connectivity index is 1.50. The van der Waals surface area contributed by atoms with E-state index in [1.807, 2.05) is 6.92 Å². The normalized spacial score (nSPS) is 26.7. The number of thiophene rings is 1. The average Bonchev–Trinajstić information content (AvgIpc) is 3.08. The molecule has 1 aliphatic heterocycles. The van der Waals surface area contributed by atoms with E-state index in [9.17, 15) is 4.79 Å². The third-order valence-electron chi connectivity index (χ3n) is 5.94. The lowest BCUT2D eigenvalue weighted by molar-refractivity contribution is -0.129. The summed E-state index contributed by atoms with van der Waals surface area (Å²) >= 11 is 3.32. The molecule has 0 radical (unpaired) electrons. The monoisotopic (exact) mass is 403 g/mol. The van der Waals surface area contributed by atoms with E-state index in [0.717, 1.165) is 46.9 Å². The minimum atomic E-state index is 0.266. The highest BCUT2D eigenvalue weighted by molar-refractivity contribution is 8.00. The number of hydrogen-bond acceptors (Lipinski definition) is 5. The van der Waals surface area contributed by atoms with Gasteiger partial charge < -0.3 is 4.90 Å². The van der Waals surface area contributed by atoms with Gasteiger partial charge in [-0.05, 0) is 49.5 Å². The van der Waals surface area contributed by atoms with Gasteiger partial charge in [-0.1, -0.05) is 39.5 Å². The molecule has 0 aromatic carbocycles. The Morgan fingerprint density at radius 2 is 2.11 bits per heavy atom. The second-order valence-electron chi connectivity index (χ2n) is 9.39. The van der Waals surface area contributed by atoms with Gasteiger partial charge in [-0.3, -0.25) is 4.79 Å². The number of amides is 1. The predicted molar refractivity (Wildman–Crippen MR) is 113 cm³/mol. The molecule has 1 amide bonds. The second kappa shape index (κ2) is 6.73. The van der Waals surface area contributed by atoms with Gasteiger partial charge in [-0.25, -0.2) is 9.97 Å². The van der Waals surface area contributed by atoms with Crippen molar-refractivity contribution in [3.63, 3.8) is 0 Å². The molecule has 4 rings (SSSR count). The summed E-state index contributed by atoms with van der Waals surface area (Å²) in [4.78, 5) is 26.8. The number of thioether (sulfide) groups is 1. The number of likely N-dealkylation sites (tertiary alicyclic amines) is 1. The van der Waals surface area contributed by atoms with Crippen LogP contribution in [0.15, 0.2) is 11.1 Å². The molecule has 2 atom stereocenters. The summed E-state index contributed by atoms with van der Waals surface area (Å²) in [6.45, 7) is 12.1. The highest BCUT2D eigenvalue weighted by atomic mass is 32.2. The van der Waals surface area contributed by atoms with E-state index < -0.39 is 0 Å². The zero-order valence-corrected chi connectivity index (χ0v) is 18.6. The number of aromatic nitrogens is 2. The summed E-state index contributed by atoms with van der Waals surface area (Å²) in [5.41, 5.74) is 0.623. The molecule has 146 valence electrons. The maximum absolute atomic E-state index is 13.1. The van der Waals surface area contributed by atoms with E-state index >= 15 is 0 Å². The third kappa shape index (κ3) is 3.75. The largest absolute Gasteiger partial charge is 0.338 e. The molecule has 2 aliphatic rings. The third-order valence-corrected chi connectivity index (χ3v) is 8.09. The van der Waals surface area contributed by atoms with Crippen LogP contribution in [0.5, 0.6) is 0 Å². The molecule has 2 unspecified atom stereocenters. The van der Waals surface area contributed by atoms with Gasteiger partial charge in [0.25, 0.3) is 0 Å². The Morgan fingerprint density at radius 3 is 2.85 bits per heavy atom. The van der Waals surface area contributed by atoms with Crippen LogP contribution in [0.4, 0.5) is 0 Å². The van der Waals surface area contributed by atoms with Crippen LogP contribution in [0.3, 0.4) is 0 Å². The average molecular weight is 404 g/mol. The first-order chi connectivity index (χ1) is 12.7. The van der Waals surface area contributed by atoms with Crippen molar-refractivity contribution in [2.24, 2.45) is 10.8 Å². The molecule has 1 aliphatic carbocycles. The smallest absolute Gasteiger partial charge is 0.233 e. The zero-order valence-electron chi connectivity index (χ0n) is 17.0. The Labute approximate surface area is 170 Å². The van der Waals surface area contributed by atoms with Gasteiger partial charge in [0.2, 0.25) is 5.91 Å². The van der Waals surface area contributed by atoms with Gasteiger partial charge in [0.15, 0.2) is 0 Å². The molecule has 2 aromatic rings. The summed E-state index contributed by atoms with van der Waals surface area (Å²) in [6.07, 6.45) is 4.51. The molecule has 0 N–H and O–H groups in total. The van der Waals surface area contributed by atoms with Crippen molar-refractivity contribution in [3.8, 4) is 0 Å². The van der Waals surface area contributed by atoms with Crippen LogP contribution in [-0.2, 0) is 11.2 Å². The molecule has 0 spiro atoms. The van der Waals surface area contributed by atoms with E-state index in [-0.39, 0.29) is 11.3 Å². The Kier molecular flexibility index (Phi) is 4.78. The number of carbonyl (C=O) groups excluding carboxylic acids is 1. The van der Waals surface area contributed by atoms with Gasteiger partial charge in [-0.15, -0.1) is 11.3 Å². The van der Waals surface area contributed by atoms with Crippen LogP contribution >= 0.6 is 23.1 Å². The zero-order chi connectivity index (χ0) is 19.4. The SMILES string of the molecule is CCc1cc2c(SCC(=O)N3CC4(C)CC3CC(C)(C)C4)nc(C)nc2s1. The number of fused-ring (bicyclic) bond motifs is 3. The molecular formula is C21H29N3OS2. The van der Waals surface area contributed by atoms with Crippen molar-refractivity contribution in [1.29, 1.82) is 0 Å². The van der Waals surface area contributed by atoms with Gasteiger partial charge in [0, 0.05) is 22.8 Å². The van der Waals surface area contributed by atoms with Crippen molar-refractivity contribution in [1.82, 2.24) is 14.9 Å². The van der Waals surface area contributed by atoms with E-state index in [1.165, 1.54) is 11.3 Å². The standard InChI is InChI=1S/C21H29N3OS2/c1-6-15-7-16-18(22-13(2)23-19(16)27-15)26-10-17(25)24-12-21(5)9-14(24)8-20(3,4)11-21/h7,14H,6,8-12H2,1-5H3. The highest BCUT2D eigenvalue weighted by Gasteiger charge is 2.50. The van der Waals surface area contributed by atoms with E-state index in [1.54, 1.807) is 23.1 Å². The second-order valence-corrected chi connectivity index (χ2v) is 11.5. The minimum Gasteiger partial charge on any atom is -0.338 e. The summed E-state index contributed by atoms with van der Waals surface area (Å²) in [6, 6.07) is 2.60. The minimum absolute atomic E-state index is 0.266. The summed E-state index contributed by atoms with van der Waals surface area (Å²) < 4.78 is 0. The van der Waals surface area contributed by atoms with Gasteiger partial charge in [0.05, 0.1) is 5.75 Å². The molecule has 1 saturated carbocycles. The first-order valence-electron chi connectivity index (χ1n) is 9.87. The predicted octanol–water partition coefficient (Wildman–Crippen LogP) is 5.08. The molecule has 1 saturated heterocycles. The Morgan fingerprint density at radius 1 is 1.33 bits per heavy atom. The molecule has 27 heavy (non-hydrogen) atoms. The lowest BCUT2D eigenvalue weighted by atomic mass is 9.65. The van der Waals surface area contributed by atoms with Crippen molar-refractivity contribution >= 4 is 39.2 Å². The molecule has 2 bridgehead atoms. The van der Waals surface area contributed by atoms with Crippen LogP contribution in [0.2, 0.25) is 0 Å². The lowest BCUT2D eigenvalue weighted by Gasteiger charge is -2.39. The number of rotatable bonds is 4. The van der Waals surface area contributed by atoms with Crippen LogP contribution in [-0.4, -0.2) is 39.1 Å². The van der Waals surface area contributed by atoms with Gasteiger partial charge >= 0.3 is 0 Å². The quantitative estimate of drug-likeness (QED) is 0.527. The van der Waals surface area contributed by atoms with Crippen LogP contribution in [0.25, 0.3) is 10.2 Å². The molecular weight excluding hydrogens is 374 g/mol. The van der Waals surface area contributed by atoms with Crippen molar-refractivity contribution < 1.29 is 4.79 Å². The summed E-state index contributed by atoms with van der Waals surface area (Å²) in [7, 11) is 0. The van der Waals surface area contributed by atoms with Crippen molar-refractivity contribution in [2.75, 3.05) is 12.3 Å². The molecule has 4 nitrogen and oxygen atoms in total. The first-order valence-corrected chi connectivity index (χ1v) is 11.7. The molecule has 2 fully saturated rings. The maximum atomic E-state index is 13.1. The number of carbonyl (C=O) groups is 1. The van der Waals surface area contributed by atoms with E-state index in [0.29, 0.717) is 17.2 Å². The highest BCUT2D eigenvalue weighted by Crippen LogP contribution is 2.52. The fraction of sp³-hybridized carbons (Fsp3) is 0.667. The molecule has 3 heterocycles. The van der Waals surface area contributed by atoms with Crippen LogP contribution in [0, 0.1) is 17.8 Å². The van der Waals surface area contributed by atoms with Crippen LogP contribution < -0.4 is 0 Å². The lowest BCUT2D eigenvalue weighted by Crippen LogP contribution is -2.38. The Hall–Kier alpha value is -1.14.